The molecule has 3 heteroatoms. The van der Waals surface area contributed by atoms with E-state index in [9.17, 15) is 9.59 Å². The molecule has 2 atom stereocenters. The van der Waals surface area contributed by atoms with Crippen molar-refractivity contribution >= 4 is 12.1 Å². The minimum absolute atomic E-state index is 0.109. The number of hydrogen-bond donors (Lipinski definition) is 0. The molecular formula is C29H37NO2. The van der Waals surface area contributed by atoms with E-state index in [0.717, 1.165) is 25.7 Å². The fourth-order valence-electron chi connectivity index (χ4n) is 4.12. The summed E-state index contributed by atoms with van der Waals surface area (Å²) in [7, 11) is 2.12. The largest absolute Gasteiger partial charge is 0.370 e. The van der Waals surface area contributed by atoms with Gasteiger partial charge in [0, 0.05) is 31.1 Å². The maximum Gasteiger partial charge on any atom is 0.128 e. The molecule has 0 heterocycles. The molecule has 3 rings (SSSR count). The van der Waals surface area contributed by atoms with Crippen LogP contribution in [0.15, 0.2) is 83.1 Å². The van der Waals surface area contributed by atoms with Crippen molar-refractivity contribution < 1.29 is 9.59 Å². The van der Waals surface area contributed by atoms with Gasteiger partial charge >= 0.3 is 0 Å². The Morgan fingerprint density at radius 2 is 1.81 bits per heavy atom. The zero-order valence-corrected chi connectivity index (χ0v) is 20.4. The Kier molecular flexibility index (Phi) is 9.64. The predicted molar refractivity (Wildman–Crippen MR) is 135 cm³/mol. The first-order chi connectivity index (χ1) is 15.3. The molecule has 3 nitrogen and oxygen atoms in total. The smallest absolute Gasteiger partial charge is 0.128 e. The zero-order valence-electron chi connectivity index (χ0n) is 20.4. The van der Waals surface area contributed by atoms with E-state index >= 15 is 0 Å². The normalized spacial score (nSPS) is 19.9. The number of nitrogens with zero attached hydrogens (tertiary/aromatic N) is 1. The summed E-state index contributed by atoms with van der Waals surface area (Å²) in [4.78, 5) is 23.8. The number of aryl methyl sites for hydroxylation is 1. The van der Waals surface area contributed by atoms with E-state index in [1.165, 1.54) is 47.4 Å². The summed E-state index contributed by atoms with van der Waals surface area (Å²) in [5.74, 6) is 0.158. The molecule has 32 heavy (non-hydrogen) atoms. The van der Waals surface area contributed by atoms with Gasteiger partial charge < -0.3 is 14.5 Å². The quantitative estimate of drug-likeness (QED) is 0.483. The third kappa shape index (κ3) is 7.05. The van der Waals surface area contributed by atoms with E-state index < -0.39 is 0 Å². The number of hydrogen-bond acceptors (Lipinski definition) is 3. The van der Waals surface area contributed by atoms with Gasteiger partial charge in [0.2, 0.25) is 0 Å². The van der Waals surface area contributed by atoms with Gasteiger partial charge in [-0.3, -0.25) is 0 Å². The molecule has 2 aliphatic carbocycles. The van der Waals surface area contributed by atoms with Crippen LogP contribution >= 0.6 is 0 Å². The second-order valence-electron chi connectivity index (χ2n) is 8.82. The number of carbonyl (C=O) groups is 2. The number of carbonyl (C=O) groups excluding carboxylic acids is 2. The van der Waals surface area contributed by atoms with Crippen molar-refractivity contribution in [3.05, 3.63) is 94.3 Å². The third-order valence-electron chi connectivity index (χ3n) is 5.82. The minimum atomic E-state index is -0.118. The molecule has 0 amide bonds. The monoisotopic (exact) mass is 431 g/mol. The average Bonchev–Trinajstić information content (AvgIpc) is 2.94. The van der Waals surface area contributed by atoms with E-state index in [2.05, 4.69) is 93.4 Å². The number of likely N-dealkylation sites (N-methyl/N-ethyl adjacent to an activating group) is 1. The van der Waals surface area contributed by atoms with Crippen molar-refractivity contribution in [3.63, 3.8) is 0 Å². The van der Waals surface area contributed by atoms with Gasteiger partial charge in [0.05, 0.1) is 0 Å². The Balaban J connectivity index is 0.000000837. The van der Waals surface area contributed by atoms with Gasteiger partial charge in [-0.2, -0.15) is 0 Å². The predicted octanol–water partition coefficient (Wildman–Crippen LogP) is 6.49. The summed E-state index contributed by atoms with van der Waals surface area (Å²) in [6.07, 6.45) is 16.4. The van der Waals surface area contributed by atoms with Crippen molar-refractivity contribution in [2.75, 3.05) is 13.6 Å². The van der Waals surface area contributed by atoms with Crippen molar-refractivity contribution in [1.82, 2.24) is 4.90 Å². The van der Waals surface area contributed by atoms with E-state index in [1.807, 2.05) is 0 Å². The molecular weight excluding hydrogens is 394 g/mol. The van der Waals surface area contributed by atoms with Crippen molar-refractivity contribution in [3.8, 4) is 0 Å². The van der Waals surface area contributed by atoms with E-state index in [-0.39, 0.29) is 17.6 Å². The first-order valence-corrected chi connectivity index (χ1v) is 11.4. The van der Waals surface area contributed by atoms with Gasteiger partial charge in [0.15, 0.2) is 0 Å². The van der Waals surface area contributed by atoms with Crippen LogP contribution < -0.4 is 0 Å². The lowest BCUT2D eigenvalue weighted by molar-refractivity contribution is -0.115. The third-order valence-corrected chi connectivity index (χ3v) is 5.82. The molecule has 0 radical (unpaired) electrons. The number of aldehydes is 1. The van der Waals surface area contributed by atoms with Crippen LogP contribution in [-0.2, 0) is 9.59 Å². The topological polar surface area (TPSA) is 37.4 Å². The lowest BCUT2D eigenvalue weighted by atomic mass is 9.78. The molecule has 1 aromatic carbocycles. The first kappa shape index (κ1) is 25.3. The second-order valence-corrected chi connectivity index (χ2v) is 8.82. The summed E-state index contributed by atoms with van der Waals surface area (Å²) in [5.41, 5.74) is 7.59. The highest BCUT2D eigenvalue weighted by Crippen LogP contribution is 2.34. The molecule has 0 fully saturated rings. The van der Waals surface area contributed by atoms with Gasteiger partial charge in [-0.1, -0.05) is 72.7 Å². The zero-order chi connectivity index (χ0) is 23.7. The van der Waals surface area contributed by atoms with Gasteiger partial charge in [0.1, 0.15) is 12.1 Å². The molecule has 0 saturated carbocycles. The Hall–Kier alpha value is -2.94. The fourth-order valence-corrected chi connectivity index (χ4v) is 4.12. The maximum absolute atomic E-state index is 12.1. The molecule has 2 unspecified atom stereocenters. The van der Waals surface area contributed by atoms with Crippen LogP contribution in [0.2, 0.25) is 0 Å². The SMILES string of the molecule is CC(C)=O.CCC1=CC(C)=C(N(C)CC2=CC=CC(c3ccc(C)cc3)C2C=O)C=CC1. The standard InChI is InChI=1S/C26H31NO.C3H6O/c1-5-21-8-6-11-26(20(3)16-21)27(4)17-23-9-7-10-24(25(23)18-28)22-14-12-19(2)13-15-22;1-3(2)4/h6-7,9-16,18,24-25H,5,8,17H2,1-4H3;1-2H3. The lowest BCUT2D eigenvalue weighted by Crippen LogP contribution is -2.27. The molecule has 1 aromatic rings. The number of ketones is 1. The lowest BCUT2D eigenvalue weighted by Gasteiger charge is -2.30. The molecule has 170 valence electrons. The maximum atomic E-state index is 12.1. The van der Waals surface area contributed by atoms with Gasteiger partial charge in [-0.15, -0.1) is 0 Å². The van der Waals surface area contributed by atoms with E-state index in [1.54, 1.807) is 0 Å². The molecule has 0 aliphatic heterocycles. The van der Waals surface area contributed by atoms with Gasteiger partial charge in [0.25, 0.3) is 0 Å². The molecule has 2 aliphatic rings. The number of Topliss-reactive ketones (excluding diaryl/α,β-unsaturated/α-hetero) is 1. The summed E-state index contributed by atoms with van der Waals surface area (Å²) < 4.78 is 0. The molecule has 0 bridgehead atoms. The van der Waals surface area contributed by atoms with Crippen LogP contribution in [0.4, 0.5) is 0 Å². The molecule has 0 spiro atoms. The summed E-state index contributed by atoms with van der Waals surface area (Å²) >= 11 is 0. The van der Waals surface area contributed by atoms with Gasteiger partial charge in [-0.25, -0.2) is 0 Å². The highest BCUT2D eigenvalue weighted by molar-refractivity contribution is 5.72. The first-order valence-electron chi connectivity index (χ1n) is 11.4. The van der Waals surface area contributed by atoms with Crippen LogP contribution in [-0.4, -0.2) is 30.6 Å². The van der Waals surface area contributed by atoms with Crippen LogP contribution in [0, 0.1) is 12.8 Å². The summed E-state index contributed by atoms with van der Waals surface area (Å²) in [5, 5.41) is 0. The highest BCUT2D eigenvalue weighted by Gasteiger charge is 2.27. The number of rotatable bonds is 6. The fraction of sp³-hybridized carbons (Fsp3) is 0.379. The van der Waals surface area contributed by atoms with Crippen LogP contribution in [0.1, 0.15) is 57.6 Å². The molecule has 0 aromatic heterocycles. The molecule has 0 saturated heterocycles. The van der Waals surface area contributed by atoms with Crippen LogP contribution in [0.5, 0.6) is 0 Å². The number of allylic oxidation sites excluding steroid dienone is 8. The Morgan fingerprint density at radius 1 is 1.16 bits per heavy atom. The molecule has 0 N–H and O–H groups in total. The Labute approximate surface area is 193 Å². The number of benzene rings is 1. The second kappa shape index (κ2) is 12.2. The van der Waals surface area contributed by atoms with Crippen molar-refractivity contribution in [2.24, 2.45) is 5.92 Å². The van der Waals surface area contributed by atoms with Crippen molar-refractivity contribution in [1.29, 1.82) is 0 Å². The summed E-state index contributed by atoms with van der Waals surface area (Å²) in [6, 6.07) is 8.53. The average molecular weight is 432 g/mol. The van der Waals surface area contributed by atoms with Crippen molar-refractivity contribution in [2.45, 2.75) is 53.4 Å². The minimum Gasteiger partial charge on any atom is -0.370 e. The van der Waals surface area contributed by atoms with Gasteiger partial charge in [-0.05, 0) is 63.3 Å². The van der Waals surface area contributed by atoms with E-state index in [0.29, 0.717) is 0 Å². The van der Waals surface area contributed by atoms with Crippen LogP contribution in [0.3, 0.4) is 0 Å². The Morgan fingerprint density at radius 3 is 2.41 bits per heavy atom. The summed E-state index contributed by atoms with van der Waals surface area (Å²) in [6.45, 7) is 10.3. The highest BCUT2D eigenvalue weighted by atomic mass is 16.1. The van der Waals surface area contributed by atoms with E-state index in [4.69, 9.17) is 0 Å². The van der Waals surface area contributed by atoms with Crippen LogP contribution in [0.25, 0.3) is 0 Å². The Bertz CT molecular complexity index is 953.